The Balaban J connectivity index is 2.22. The largest absolute Gasteiger partial charge is 0.416 e. The molecule has 2 rings (SSSR count). The van der Waals surface area contributed by atoms with Gasteiger partial charge in [0, 0.05) is 16.4 Å². The van der Waals surface area contributed by atoms with Gasteiger partial charge in [0.1, 0.15) is 5.69 Å². The average Bonchev–Trinajstić information content (AvgIpc) is 2.42. The molecule has 0 aliphatic rings. The Morgan fingerprint density at radius 2 is 1.95 bits per heavy atom. The van der Waals surface area contributed by atoms with E-state index < -0.39 is 17.6 Å². The Bertz CT molecular complexity index is 691. The van der Waals surface area contributed by atoms with E-state index in [1.165, 1.54) is 12.1 Å². The Kier molecular flexibility index (Phi) is 4.53. The third kappa shape index (κ3) is 3.95. The van der Waals surface area contributed by atoms with Gasteiger partial charge >= 0.3 is 6.18 Å². The van der Waals surface area contributed by atoms with E-state index in [9.17, 15) is 18.0 Å². The van der Waals surface area contributed by atoms with Crippen LogP contribution in [0.4, 0.5) is 18.9 Å². The first-order valence-electron chi connectivity index (χ1n) is 5.57. The highest BCUT2D eigenvalue weighted by Crippen LogP contribution is 2.29. The van der Waals surface area contributed by atoms with Gasteiger partial charge in [-0.25, -0.2) is 0 Å². The highest BCUT2D eigenvalue weighted by Gasteiger charge is 2.31. The lowest BCUT2D eigenvalue weighted by Crippen LogP contribution is -2.15. The molecule has 1 N–H and O–H groups in total. The molecule has 2 aromatic rings. The van der Waals surface area contributed by atoms with Crippen LogP contribution in [-0.2, 0) is 6.18 Å². The first kappa shape index (κ1) is 15.8. The van der Waals surface area contributed by atoms with Crippen LogP contribution in [0.3, 0.4) is 0 Å². The fraction of sp³-hybridized carbons (Fsp3) is 0.0769. The first-order chi connectivity index (χ1) is 9.77. The number of nitrogens with zero attached hydrogens (tertiary/aromatic N) is 1. The molecule has 8 heteroatoms. The van der Waals surface area contributed by atoms with Gasteiger partial charge in [-0.3, -0.25) is 9.78 Å². The maximum Gasteiger partial charge on any atom is 0.416 e. The minimum absolute atomic E-state index is 0.323. The second-order valence-corrected chi connectivity index (χ2v) is 5.27. The van der Waals surface area contributed by atoms with Gasteiger partial charge in [0.25, 0.3) is 5.91 Å². The summed E-state index contributed by atoms with van der Waals surface area (Å²) in [5.74, 6) is -0.740. The van der Waals surface area contributed by atoms with Crippen molar-refractivity contribution in [3.8, 4) is 0 Å². The number of aromatic nitrogens is 1. The molecule has 1 amide bonds. The van der Waals surface area contributed by atoms with Crippen LogP contribution in [0.15, 0.2) is 41.0 Å². The van der Waals surface area contributed by atoms with Crippen LogP contribution in [0, 0.1) is 0 Å². The molecule has 0 bridgehead atoms. The average molecular weight is 380 g/mol. The van der Waals surface area contributed by atoms with Gasteiger partial charge in [-0.05, 0) is 46.3 Å². The highest BCUT2D eigenvalue weighted by atomic mass is 79.9. The highest BCUT2D eigenvalue weighted by molar-refractivity contribution is 9.10. The lowest BCUT2D eigenvalue weighted by molar-refractivity contribution is -0.137. The number of carbonyl (C=O) groups is 1. The summed E-state index contributed by atoms with van der Waals surface area (Å²) in [6.07, 6.45) is -3.59. The summed E-state index contributed by atoms with van der Waals surface area (Å²) in [7, 11) is 0. The van der Waals surface area contributed by atoms with Crippen LogP contribution < -0.4 is 5.32 Å². The third-order valence-corrected chi connectivity index (χ3v) is 3.71. The summed E-state index contributed by atoms with van der Waals surface area (Å²) in [5, 5.41) is 2.90. The SMILES string of the molecule is O=C(Nc1ccc(Cl)c(Br)c1)c1cc(C(F)(F)F)ccn1. The third-order valence-electron chi connectivity index (χ3n) is 2.50. The second kappa shape index (κ2) is 6.03. The summed E-state index contributed by atoms with van der Waals surface area (Å²) in [4.78, 5) is 15.5. The molecule has 0 saturated heterocycles. The molecule has 0 saturated carbocycles. The van der Waals surface area contributed by atoms with E-state index in [-0.39, 0.29) is 5.69 Å². The van der Waals surface area contributed by atoms with Crippen molar-refractivity contribution in [2.45, 2.75) is 6.18 Å². The predicted octanol–water partition coefficient (Wildman–Crippen LogP) is 4.77. The zero-order chi connectivity index (χ0) is 15.6. The van der Waals surface area contributed by atoms with Crippen molar-refractivity contribution >= 4 is 39.1 Å². The van der Waals surface area contributed by atoms with Gasteiger partial charge in [-0.15, -0.1) is 0 Å². The van der Waals surface area contributed by atoms with E-state index in [1.807, 2.05) is 0 Å². The number of hydrogen-bond donors (Lipinski definition) is 1. The molecule has 0 atom stereocenters. The normalized spacial score (nSPS) is 11.3. The van der Waals surface area contributed by atoms with Gasteiger partial charge in [0.05, 0.1) is 10.6 Å². The van der Waals surface area contributed by atoms with Gasteiger partial charge < -0.3 is 5.32 Å². The molecule has 0 spiro atoms. The first-order valence-corrected chi connectivity index (χ1v) is 6.74. The number of nitrogens with one attached hydrogen (secondary N) is 1. The van der Waals surface area contributed by atoms with E-state index in [2.05, 4.69) is 26.2 Å². The number of alkyl halides is 3. The number of amides is 1. The van der Waals surface area contributed by atoms with Gasteiger partial charge in [-0.2, -0.15) is 13.2 Å². The number of anilines is 1. The molecule has 0 radical (unpaired) electrons. The standard InChI is InChI=1S/C13H7BrClF3N2O/c14-9-6-8(1-2-10(9)15)20-12(21)11-5-7(3-4-19-11)13(16,17)18/h1-6H,(H,20,21). The summed E-state index contributed by atoms with van der Waals surface area (Å²) in [6.45, 7) is 0. The maximum atomic E-state index is 12.6. The van der Waals surface area contributed by atoms with Crippen molar-refractivity contribution < 1.29 is 18.0 Å². The zero-order valence-electron chi connectivity index (χ0n) is 10.2. The number of hydrogen-bond acceptors (Lipinski definition) is 2. The number of rotatable bonds is 2. The van der Waals surface area contributed by atoms with Crippen LogP contribution >= 0.6 is 27.5 Å². The molecule has 21 heavy (non-hydrogen) atoms. The van der Waals surface area contributed by atoms with E-state index in [1.54, 1.807) is 6.07 Å². The number of pyridine rings is 1. The minimum Gasteiger partial charge on any atom is -0.321 e. The van der Waals surface area contributed by atoms with Crippen molar-refractivity contribution in [3.05, 3.63) is 57.3 Å². The van der Waals surface area contributed by atoms with Crippen molar-refractivity contribution in [2.24, 2.45) is 0 Å². The van der Waals surface area contributed by atoms with E-state index in [4.69, 9.17) is 11.6 Å². The van der Waals surface area contributed by atoms with Crippen molar-refractivity contribution in [3.63, 3.8) is 0 Å². The van der Waals surface area contributed by atoms with E-state index >= 15 is 0 Å². The summed E-state index contributed by atoms with van der Waals surface area (Å²) < 4.78 is 38.3. The molecule has 0 aliphatic carbocycles. The molecule has 0 aliphatic heterocycles. The smallest absolute Gasteiger partial charge is 0.321 e. The van der Waals surface area contributed by atoms with Gasteiger partial charge in [0.15, 0.2) is 0 Å². The van der Waals surface area contributed by atoms with Gasteiger partial charge in [-0.1, -0.05) is 11.6 Å². The molecule has 0 unspecified atom stereocenters. The minimum atomic E-state index is -4.53. The van der Waals surface area contributed by atoms with E-state index in [0.29, 0.717) is 21.2 Å². The molecule has 0 fully saturated rings. The lowest BCUT2D eigenvalue weighted by Gasteiger charge is -2.09. The molecule has 3 nitrogen and oxygen atoms in total. The summed E-state index contributed by atoms with van der Waals surface area (Å²) in [6, 6.07) is 6.10. The van der Waals surface area contributed by atoms with Crippen molar-refractivity contribution in [2.75, 3.05) is 5.32 Å². The predicted molar refractivity (Wildman–Crippen MR) is 76.3 cm³/mol. The monoisotopic (exact) mass is 378 g/mol. The molecular weight excluding hydrogens is 373 g/mol. The molecule has 1 heterocycles. The number of carbonyl (C=O) groups excluding carboxylic acids is 1. The number of benzene rings is 1. The van der Waals surface area contributed by atoms with Crippen LogP contribution in [0.25, 0.3) is 0 Å². The van der Waals surface area contributed by atoms with Crippen molar-refractivity contribution in [1.29, 1.82) is 0 Å². The Labute approximate surface area is 131 Å². The Hall–Kier alpha value is -1.60. The summed E-state index contributed by atoms with van der Waals surface area (Å²) in [5.41, 5.74) is -0.869. The van der Waals surface area contributed by atoms with Gasteiger partial charge in [0.2, 0.25) is 0 Å². The second-order valence-electron chi connectivity index (χ2n) is 4.01. The topological polar surface area (TPSA) is 42.0 Å². The quantitative estimate of drug-likeness (QED) is 0.817. The maximum absolute atomic E-state index is 12.6. The summed E-state index contributed by atoms with van der Waals surface area (Å²) >= 11 is 8.99. The van der Waals surface area contributed by atoms with Crippen LogP contribution in [0.1, 0.15) is 16.1 Å². The molecule has 1 aromatic carbocycles. The van der Waals surface area contributed by atoms with Crippen LogP contribution in [-0.4, -0.2) is 10.9 Å². The molecule has 110 valence electrons. The lowest BCUT2D eigenvalue weighted by atomic mass is 10.2. The van der Waals surface area contributed by atoms with Crippen LogP contribution in [0.5, 0.6) is 0 Å². The fourth-order valence-corrected chi connectivity index (χ4v) is 2.00. The van der Waals surface area contributed by atoms with E-state index in [0.717, 1.165) is 12.3 Å². The molecule has 1 aromatic heterocycles. The Morgan fingerprint density at radius 1 is 1.24 bits per heavy atom. The van der Waals surface area contributed by atoms with Crippen molar-refractivity contribution in [1.82, 2.24) is 4.98 Å². The molecular formula is C13H7BrClF3N2O. The number of halogens is 5. The fourth-order valence-electron chi connectivity index (χ4n) is 1.50. The van der Waals surface area contributed by atoms with Crippen LogP contribution in [0.2, 0.25) is 5.02 Å². The Morgan fingerprint density at radius 3 is 2.57 bits per heavy atom. The zero-order valence-corrected chi connectivity index (χ0v) is 12.6.